The first-order valence-electron chi connectivity index (χ1n) is 17.4. The molecule has 2 aromatic rings. The van der Waals surface area contributed by atoms with E-state index in [-0.39, 0.29) is 59.7 Å². The highest BCUT2D eigenvalue weighted by atomic mass is 16.3. The van der Waals surface area contributed by atoms with Crippen LogP contribution in [-0.4, -0.2) is 49.2 Å². The molecule has 0 bridgehead atoms. The van der Waals surface area contributed by atoms with Crippen molar-refractivity contribution in [1.82, 2.24) is 0 Å². The van der Waals surface area contributed by atoms with Gasteiger partial charge in [-0.25, -0.2) is 0 Å². The van der Waals surface area contributed by atoms with Gasteiger partial charge >= 0.3 is 0 Å². The number of rotatable bonds is 7. The molecule has 8 nitrogen and oxygen atoms in total. The molecule has 0 aliphatic heterocycles. The Balaban J connectivity index is 1.60. The Morgan fingerprint density at radius 2 is 1.61 bits per heavy atom. The quantitative estimate of drug-likeness (QED) is 0.229. The second kappa shape index (κ2) is 11.2. The zero-order chi connectivity index (χ0) is 36.2. The molecule has 4 atom stereocenters. The Morgan fingerprint density at radius 1 is 1.00 bits per heavy atom. The number of carbonyl (C=O) groups is 4. The van der Waals surface area contributed by atoms with Crippen molar-refractivity contribution in [3.63, 3.8) is 0 Å². The summed E-state index contributed by atoms with van der Waals surface area (Å²) >= 11 is 0. The highest BCUT2D eigenvalue weighted by molar-refractivity contribution is 6.24. The van der Waals surface area contributed by atoms with E-state index in [1.165, 1.54) is 0 Å². The van der Waals surface area contributed by atoms with Gasteiger partial charge < -0.3 is 20.4 Å². The number of ketones is 4. The van der Waals surface area contributed by atoms with Crippen molar-refractivity contribution in [2.75, 3.05) is 0 Å². The van der Waals surface area contributed by atoms with E-state index in [9.17, 15) is 39.6 Å². The molecule has 0 spiro atoms. The van der Waals surface area contributed by atoms with Crippen molar-refractivity contribution in [3.8, 4) is 16.9 Å². The van der Waals surface area contributed by atoms with Gasteiger partial charge in [-0.05, 0) is 84.2 Å². The van der Waals surface area contributed by atoms with Crippen molar-refractivity contribution in [2.45, 2.75) is 105 Å². The lowest BCUT2D eigenvalue weighted by Crippen LogP contribution is -2.69. The largest absolute Gasteiger partial charge is 0.508 e. The van der Waals surface area contributed by atoms with Crippen molar-refractivity contribution in [3.05, 3.63) is 69.5 Å². The minimum atomic E-state index is -2.67. The molecule has 8 heteroatoms. The molecule has 49 heavy (non-hydrogen) atoms. The molecule has 0 saturated heterocycles. The van der Waals surface area contributed by atoms with Crippen molar-refractivity contribution in [2.24, 2.45) is 28.6 Å². The monoisotopic (exact) mass is 668 g/mol. The molecule has 2 fully saturated rings. The van der Waals surface area contributed by atoms with E-state index in [1.54, 1.807) is 27.7 Å². The van der Waals surface area contributed by atoms with Crippen LogP contribution in [0, 0.1) is 28.6 Å². The van der Waals surface area contributed by atoms with Gasteiger partial charge in [0.15, 0.2) is 17.2 Å². The molecule has 4 aliphatic rings. The lowest BCUT2D eigenvalue weighted by atomic mass is 9.43. The minimum Gasteiger partial charge on any atom is -0.508 e. The van der Waals surface area contributed by atoms with E-state index in [4.69, 9.17) is 0 Å². The average Bonchev–Trinajstić information content (AvgIpc) is 3.84. The zero-order valence-electron chi connectivity index (χ0n) is 29.8. The van der Waals surface area contributed by atoms with Crippen LogP contribution >= 0.6 is 0 Å². The Hall–Kier alpha value is -4.04. The Kier molecular flexibility index (Phi) is 7.98. The van der Waals surface area contributed by atoms with Gasteiger partial charge in [0.1, 0.15) is 28.6 Å². The molecule has 4 aliphatic carbocycles. The SMILES string of the molecule is CC(=O)C1=C(O)[C@]2(O)C(=O)C3=C(O)c4c(O)c(CCC(=O)C5CC5)cc(-c5ccc(C(C)(C)C)cc5)c4C[C@]3(C)C[C@]2(C)C(C(C)C)C1=O. The lowest BCUT2D eigenvalue weighted by molar-refractivity contribution is -0.178. The predicted octanol–water partition coefficient (Wildman–Crippen LogP) is 7.07. The average molecular weight is 669 g/mol. The first-order valence-corrected chi connectivity index (χ1v) is 17.4. The number of aliphatic hydroxyl groups excluding tert-OH is 2. The third-order valence-electron chi connectivity index (χ3n) is 11.8. The molecule has 0 amide bonds. The molecule has 260 valence electrons. The second-order valence-electron chi connectivity index (χ2n) is 16.8. The van der Waals surface area contributed by atoms with Crippen LogP contribution in [-0.2, 0) is 37.4 Å². The van der Waals surface area contributed by atoms with Crippen molar-refractivity contribution in [1.29, 1.82) is 0 Å². The van der Waals surface area contributed by atoms with E-state index in [0.29, 0.717) is 11.1 Å². The maximum atomic E-state index is 14.8. The molecule has 0 heterocycles. The van der Waals surface area contributed by atoms with Crippen LogP contribution in [0.1, 0.15) is 103 Å². The summed E-state index contributed by atoms with van der Waals surface area (Å²) in [6.07, 6.45) is 2.39. The molecular formula is C41H48O8. The van der Waals surface area contributed by atoms with Crippen LogP contribution < -0.4 is 0 Å². The highest BCUT2D eigenvalue weighted by Gasteiger charge is 2.72. The van der Waals surface area contributed by atoms with Gasteiger partial charge in [-0.2, -0.15) is 0 Å². The Labute approximate surface area is 287 Å². The van der Waals surface area contributed by atoms with Gasteiger partial charge in [0, 0.05) is 34.7 Å². The first kappa shape index (κ1) is 34.8. The Bertz CT molecular complexity index is 1880. The number of aryl methyl sites for hydroxylation is 1. The van der Waals surface area contributed by atoms with Gasteiger partial charge in [0.25, 0.3) is 0 Å². The normalized spacial score (nSPS) is 28.4. The number of aromatic hydroxyl groups is 1. The van der Waals surface area contributed by atoms with Crippen molar-refractivity contribution < 1.29 is 39.6 Å². The lowest BCUT2D eigenvalue weighted by Gasteiger charge is -2.59. The number of hydrogen-bond donors (Lipinski definition) is 4. The smallest absolute Gasteiger partial charge is 0.203 e. The van der Waals surface area contributed by atoms with Gasteiger partial charge in [-0.1, -0.05) is 72.7 Å². The molecular weight excluding hydrogens is 620 g/mol. The topological polar surface area (TPSA) is 149 Å². The first-order chi connectivity index (χ1) is 22.7. The summed E-state index contributed by atoms with van der Waals surface area (Å²) in [5.41, 5.74) is -2.37. The fourth-order valence-corrected chi connectivity index (χ4v) is 9.31. The third-order valence-corrected chi connectivity index (χ3v) is 11.8. The summed E-state index contributed by atoms with van der Waals surface area (Å²) in [7, 11) is 0. The third kappa shape index (κ3) is 5.04. The van der Waals surface area contributed by atoms with E-state index >= 15 is 0 Å². The van der Waals surface area contributed by atoms with Gasteiger partial charge in [-0.3, -0.25) is 19.2 Å². The van der Waals surface area contributed by atoms with Crippen LogP contribution in [0.4, 0.5) is 0 Å². The number of hydrogen-bond acceptors (Lipinski definition) is 8. The van der Waals surface area contributed by atoms with Crippen molar-refractivity contribution >= 4 is 28.9 Å². The number of carbonyl (C=O) groups excluding carboxylic acids is 4. The number of aliphatic hydroxyl groups is 3. The number of benzene rings is 2. The molecule has 0 aromatic heterocycles. The maximum absolute atomic E-state index is 14.8. The number of Topliss-reactive ketones (excluding diaryl/α,β-unsaturated/α-hetero) is 4. The van der Waals surface area contributed by atoms with Gasteiger partial charge in [0.2, 0.25) is 5.78 Å². The molecule has 4 N–H and O–H groups in total. The van der Waals surface area contributed by atoms with Crippen LogP contribution in [0.15, 0.2) is 47.2 Å². The van der Waals surface area contributed by atoms with Crippen LogP contribution in [0.2, 0.25) is 0 Å². The molecule has 6 rings (SSSR count). The summed E-state index contributed by atoms with van der Waals surface area (Å²) in [6.45, 7) is 14.5. The number of fused-ring (bicyclic) bond motifs is 3. The molecule has 0 radical (unpaired) electrons. The fraction of sp³-hybridized carbons (Fsp3) is 0.512. The number of phenols is 1. The van der Waals surface area contributed by atoms with E-state index in [2.05, 4.69) is 20.8 Å². The summed E-state index contributed by atoms with van der Waals surface area (Å²) in [6, 6.07) is 9.96. The van der Waals surface area contributed by atoms with Crippen LogP contribution in [0.3, 0.4) is 0 Å². The summed E-state index contributed by atoms with van der Waals surface area (Å²) < 4.78 is 0. The number of phenolic OH excluding ortho intramolecular Hbond substituents is 1. The highest BCUT2D eigenvalue weighted by Crippen LogP contribution is 2.65. The molecule has 2 aromatic carbocycles. The zero-order valence-corrected chi connectivity index (χ0v) is 29.8. The maximum Gasteiger partial charge on any atom is 0.203 e. The fourth-order valence-electron chi connectivity index (χ4n) is 9.31. The summed E-state index contributed by atoms with van der Waals surface area (Å²) in [5, 5.41) is 47.8. The van der Waals surface area contributed by atoms with Crippen LogP contribution in [0.25, 0.3) is 16.9 Å². The molecule has 2 saturated carbocycles. The molecule has 1 unspecified atom stereocenters. The standard InChI is InChI=1S/C41H48O8/c1-20(2)31-34(45)29(21(3)42)36(47)41(49)37(48)32-35(46)30-27(18-39(32,7)19-40(31,41)8)26(22-11-14-25(15-12-22)38(4,5)6)17-24(33(30)44)13-16-28(43)23-9-10-23/h11-12,14-15,17,20,23,31,44,46-47,49H,9-10,13,16,18-19H2,1-8H3/t31?,39-,40-,41+/m1/s1. The second-order valence-corrected chi connectivity index (χ2v) is 16.8. The Morgan fingerprint density at radius 3 is 2.14 bits per heavy atom. The van der Waals surface area contributed by atoms with E-state index in [0.717, 1.165) is 36.5 Å². The minimum absolute atomic E-state index is 0.0196. The van der Waals surface area contributed by atoms with E-state index < -0.39 is 62.7 Å². The van der Waals surface area contributed by atoms with Gasteiger partial charge in [0.05, 0.1) is 5.56 Å². The van der Waals surface area contributed by atoms with E-state index in [1.807, 2.05) is 30.3 Å². The predicted molar refractivity (Wildman–Crippen MR) is 186 cm³/mol. The van der Waals surface area contributed by atoms with Crippen LogP contribution in [0.5, 0.6) is 5.75 Å². The summed E-state index contributed by atoms with van der Waals surface area (Å²) in [4.78, 5) is 54.0. The number of allylic oxidation sites excluding steroid dienone is 1. The van der Waals surface area contributed by atoms with Gasteiger partial charge in [-0.15, -0.1) is 0 Å². The summed E-state index contributed by atoms with van der Waals surface area (Å²) in [5.74, 6) is -5.32.